The lowest BCUT2D eigenvalue weighted by molar-refractivity contribution is -0.141. The topological polar surface area (TPSA) is 66.4 Å². The minimum atomic E-state index is -4.55. The van der Waals surface area contributed by atoms with Crippen molar-refractivity contribution >= 4 is 16.0 Å². The summed E-state index contributed by atoms with van der Waals surface area (Å²) in [6.07, 6.45) is -3.02. The van der Waals surface area contributed by atoms with Crippen molar-refractivity contribution in [2.45, 2.75) is 17.5 Å². The highest BCUT2D eigenvalue weighted by molar-refractivity contribution is 7.89. The SMILES string of the molecule is O=S(=O)(c1ccccc1)N1CCCN(c2nccc(C(F)(F)F)n2)CC1. The van der Waals surface area contributed by atoms with E-state index in [1.165, 1.54) is 16.4 Å². The lowest BCUT2D eigenvalue weighted by Gasteiger charge is -2.22. The molecule has 0 atom stereocenters. The minimum absolute atomic E-state index is 0.0428. The van der Waals surface area contributed by atoms with Crippen LogP contribution in [-0.4, -0.2) is 48.9 Å². The Hall–Kier alpha value is -2.20. The number of anilines is 1. The van der Waals surface area contributed by atoms with Crippen LogP contribution in [0.15, 0.2) is 47.5 Å². The van der Waals surface area contributed by atoms with E-state index >= 15 is 0 Å². The number of rotatable bonds is 3. The number of hydrogen-bond donors (Lipinski definition) is 0. The van der Waals surface area contributed by atoms with Crippen LogP contribution in [0.25, 0.3) is 0 Å². The third-order valence-electron chi connectivity index (χ3n) is 4.05. The summed E-state index contributed by atoms with van der Waals surface area (Å²) in [4.78, 5) is 9.26. The second-order valence-electron chi connectivity index (χ2n) is 5.80. The minimum Gasteiger partial charge on any atom is -0.339 e. The van der Waals surface area contributed by atoms with E-state index in [1.807, 2.05) is 0 Å². The van der Waals surface area contributed by atoms with E-state index in [0.717, 1.165) is 12.3 Å². The van der Waals surface area contributed by atoms with E-state index in [9.17, 15) is 21.6 Å². The molecule has 0 amide bonds. The molecular formula is C16H17F3N4O2S. The number of aromatic nitrogens is 2. The zero-order valence-electron chi connectivity index (χ0n) is 13.7. The van der Waals surface area contributed by atoms with Crippen LogP contribution in [0.2, 0.25) is 0 Å². The Kier molecular flexibility index (Phi) is 5.15. The van der Waals surface area contributed by atoms with Crippen LogP contribution in [-0.2, 0) is 16.2 Å². The summed E-state index contributed by atoms with van der Waals surface area (Å²) in [5.74, 6) is -0.0428. The third-order valence-corrected chi connectivity index (χ3v) is 5.96. The lowest BCUT2D eigenvalue weighted by Crippen LogP contribution is -2.35. The molecule has 1 saturated heterocycles. The molecule has 0 aliphatic carbocycles. The number of halogens is 3. The van der Waals surface area contributed by atoms with Crippen LogP contribution in [0.1, 0.15) is 12.1 Å². The summed E-state index contributed by atoms with van der Waals surface area (Å²) in [5, 5.41) is 0. The smallest absolute Gasteiger partial charge is 0.339 e. The number of benzene rings is 1. The van der Waals surface area contributed by atoms with E-state index in [2.05, 4.69) is 9.97 Å². The van der Waals surface area contributed by atoms with Crippen molar-refractivity contribution < 1.29 is 21.6 Å². The predicted molar refractivity (Wildman–Crippen MR) is 89.1 cm³/mol. The Labute approximate surface area is 149 Å². The number of hydrogen-bond acceptors (Lipinski definition) is 5. The molecule has 3 rings (SSSR count). The van der Waals surface area contributed by atoms with Gasteiger partial charge in [0, 0.05) is 32.4 Å². The lowest BCUT2D eigenvalue weighted by atomic mass is 10.4. The molecule has 6 nitrogen and oxygen atoms in total. The summed E-state index contributed by atoms with van der Waals surface area (Å²) in [5.41, 5.74) is -1.01. The molecule has 1 fully saturated rings. The number of alkyl halides is 3. The standard InChI is InChI=1S/C16H17F3N4O2S/c17-16(18,19)14-7-8-20-15(21-14)22-9-4-10-23(12-11-22)26(24,25)13-5-2-1-3-6-13/h1-3,5-8H,4,9-12H2. The fraction of sp³-hybridized carbons (Fsp3) is 0.375. The molecule has 0 spiro atoms. The van der Waals surface area contributed by atoms with E-state index in [0.29, 0.717) is 13.0 Å². The van der Waals surface area contributed by atoms with Crippen molar-refractivity contribution in [2.75, 3.05) is 31.1 Å². The fourth-order valence-corrected chi connectivity index (χ4v) is 4.22. The Morgan fingerprint density at radius 3 is 2.38 bits per heavy atom. The average Bonchev–Trinajstić information content (AvgIpc) is 2.88. The quantitative estimate of drug-likeness (QED) is 0.811. The van der Waals surface area contributed by atoms with Gasteiger partial charge in [-0.25, -0.2) is 18.4 Å². The van der Waals surface area contributed by atoms with Crippen LogP contribution < -0.4 is 4.90 Å². The summed E-state index contributed by atoms with van der Waals surface area (Å²) < 4.78 is 65.2. The van der Waals surface area contributed by atoms with Gasteiger partial charge < -0.3 is 4.90 Å². The van der Waals surface area contributed by atoms with Gasteiger partial charge in [-0.3, -0.25) is 0 Å². The first-order chi connectivity index (χ1) is 12.3. The summed E-state index contributed by atoms with van der Waals surface area (Å²) in [7, 11) is -3.64. The monoisotopic (exact) mass is 386 g/mol. The molecule has 26 heavy (non-hydrogen) atoms. The molecule has 2 heterocycles. The second-order valence-corrected chi connectivity index (χ2v) is 7.74. The van der Waals surface area contributed by atoms with Crippen LogP contribution in [0.4, 0.5) is 19.1 Å². The van der Waals surface area contributed by atoms with Crippen molar-refractivity contribution in [2.24, 2.45) is 0 Å². The zero-order valence-corrected chi connectivity index (χ0v) is 14.5. The molecule has 2 aromatic rings. The average molecular weight is 386 g/mol. The Balaban J connectivity index is 1.77. The van der Waals surface area contributed by atoms with Crippen molar-refractivity contribution in [1.29, 1.82) is 0 Å². The molecule has 1 aromatic heterocycles. The predicted octanol–water partition coefficient (Wildman–Crippen LogP) is 2.40. The van der Waals surface area contributed by atoms with Crippen LogP contribution in [0, 0.1) is 0 Å². The van der Waals surface area contributed by atoms with Crippen LogP contribution in [0.5, 0.6) is 0 Å². The van der Waals surface area contributed by atoms with Gasteiger partial charge in [0.2, 0.25) is 16.0 Å². The van der Waals surface area contributed by atoms with Crippen molar-refractivity contribution in [3.63, 3.8) is 0 Å². The molecule has 1 aliphatic heterocycles. The molecule has 1 aliphatic rings. The largest absolute Gasteiger partial charge is 0.433 e. The molecule has 10 heteroatoms. The summed E-state index contributed by atoms with van der Waals surface area (Å²) >= 11 is 0. The molecular weight excluding hydrogens is 369 g/mol. The first kappa shape index (κ1) is 18.6. The van der Waals surface area contributed by atoms with Gasteiger partial charge in [-0.2, -0.15) is 17.5 Å². The maximum atomic E-state index is 12.8. The maximum Gasteiger partial charge on any atom is 0.433 e. The highest BCUT2D eigenvalue weighted by Gasteiger charge is 2.34. The molecule has 0 unspecified atom stereocenters. The Morgan fingerprint density at radius 1 is 0.962 bits per heavy atom. The number of sulfonamides is 1. The fourth-order valence-electron chi connectivity index (χ4n) is 2.73. The molecule has 0 saturated carbocycles. The molecule has 140 valence electrons. The third kappa shape index (κ3) is 3.96. The summed E-state index contributed by atoms with van der Waals surface area (Å²) in [6, 6.07) is 8.88. The highest BCUT2D eigenvalue weighted by atomic mass is 32.2. The first-order valence-corrected chi connectivity index (χ1v) is 9.43. The van der Waals surface area contributed by atoms with E-state index in [4.69, 9.17) is 0 Å². The van der Waals surface area contributed by atoms with E-state index in [1.54, 1.807) is 23.1 Å². The Morgan fingerprint density at radius 2 is 1.69 bits per heavy atom. The van der Waals surface area contributed by atoms with E-state index in [-0.39, 0.29) is 30.5 Å². The highest BCUT2D eigenvalue weighted by Crippen LogP contribution is 2.28. The van der Waals surface area contributed by atoms with Gasteiger partial charge in [0.1, 0.15) is 5.69 Å². The molecule has 1 aromatic carbocycles. The van der Waals surface area contributed by atoms with Gasteiger partial charge in [0.15, 0.2) is 0 Å². The molecule has 0 bridgehead atoms. The normalized spacial score (nSPS) is 17.1. The van der Waals surface area contributed by atoms with Gasteiger partial charge >= 0.3 is 6.18 Å². The van der Waals surface area contributed by atoms with Crippen molar-refractivity contribution in [3.05, 3.63) is 48.3 Å². The molecule has 0 N–H and O–H groups in total. The first-order valence-electron chi connectivity index (χ1n) is 7.99. The number of nitrogens with zero attached hydrogens (tertiary/aromatic N) is 4. The van der Waals surface area contributed by atoms with Crippen molar-refractivity contribution in [3.8, 4) is 0 Å². The van der Waals surface area contributed by atoms with Gasteiger partial charge in [0.05, 0.1) is 4.90 Å². The van der Waals surface area contributed by atoms with Crippen LogP contribution in [0.3, 0.4) is 0 Å². The second kappa shape index (κ2) is 7.20. The van der Waals surface area contributed by atoms with Crippen molar-refractivity contribution in [1.82, 2.24) is 14.3 Å². The van der Waals surface area contributed by atoms with Gasteiger partial charge in [-0.15, -0.1) is 0 Å². The summed E-state index contributed by atoms with van der Waals surface area (Å²) in [6.45, 7) is 1.03. The van der Waals surface area contributed by atoms with Gasteiger partial charge in [-0.1, -0.05) is 18.2 Å². The maximum absolute atomic E-state index is 12.8. The van der Waals surface area contributed by atoms with Gasteiger partial charge in [0.25, 0.3) is 0 Å². The van der Waals surface area contributed by atoms with Crippen LogP contribution >= 0.6 is 0 Å². The molecule has 0 radical (unpaired) electrons. The zero-order chi connectivity index (χ0) is 18.8. The van der Waals surface area contributed by atoms with E-state index < -0.39 is 21.9 Å². The van der Waals surface area contributed by atoms with Gasteiger partial charge in [-0.05, 0) is 24.6 Å². The Bertz CT molecular complexity index is 859.